The molecule has 1 aromatic rings. The van der Waals surface area contributed by atoms with E-state index in [1.807, 2.05) is 0 Å². The number of carbonyl (C=O) groups is 1. The smallest absolute Gasteiger partial charge is 0.296 e. The second kappa shape index (κ2) is 5.32. The Morgan fingerprint density at radius 2 is 2.21 bits per heavy atom. The third-order valence-electron chi connectivity index (χ3n) is 2.89. The summed E-state index contributed by atoms with van der Waals surface area (Å²) in [6, 6.07) is 0.892. The van der Waals surface area contributed by atoms with Crippen molar-refractivity contribution < 1.29 is 18.0 Å². The second-order valence-electron chi connectivity index (χ2n) is 4.28. The van der Waals surface area contributed by atoms with Gasteiger partial charge >= 0.3 is 6.18 Å². The van der Waals surface area contributed by atoms with Gasteiger partial charge in [0.15, 0.2) is 0 Å². The van der Waals surface area contributed by atoms with Gasteiger partial charge in [0.05, 0.1) is 5.56 Å². The number of carbonyl (C=O) groups excluding carboxylic acids is 1. The average Bonchev–Trinajstić information content (AvgIpc) is 2.70. The summed E-state index contributed by atoms with van der Waals surface area (Å²) in [6.45, 7) is 0.355. The maximum atomic E-state index is 12.8. The predicted octanol–water partition coefficient (Wildman–Crippen LogP) is 3.15. The largest absolute Gasteiger partial charge is 0.417 e. The molecule has 0 saturated carbocycles. The predicted molar refractivity (Wildman–Crippen MR) is 71.3 cm³/mol. The third kappa shape index (κ3) is 3.05. The molecule has 0 bridgehead atoms. The van der Waals surface area contributed by atoms with E-state index in [2.05, 4.69) is 33.5 Å². The number of hydrogen-bond acceptors (Lipinski definition) is 3. The molecule has 8 heteroatoms. The van der Waals surface area contributed by atoms with Gasteiger partial charge in [-0.25, -0.2) is 4.98 Å². The van der Waals surface area contributed by atoms with E-state index in [4.69, 9.17) is 0 Å². The first-order valence-electron chi connectivity index (χ1n) is 5.47. The van der Waals surface area contributed by atoms with Crippen molar-refractivity contribution in [2.75, 3.05) is 17.2 Å². The summed E-state index contributed by atoms with van der Waals surface area (Å²) in [7, 11) is 0. The van der Waals surface area contributed by atoms with Crippen LogP contribution in [-0.2, 0) is 11.0 Å². The van der Waals surface area contributed by atoms with Crippen LogP contribution in [0.3, 0.4) is 0 Å². The molecule has 0 N–H and O–H groups in total. The van der Waals surface area contributed by atoms with Gasteiger partial charge in [0.1, 0.15) is 5.82 Å². The number of hydrogen-bond donors (Lipinski definition) is 1. The van der Waals surface area contributed by atoms with E-state index in [0.29, 0.717) is 18.7 Å². The quantitative estimate of drug-likeness (QED) is 0.827. The molecule has 0 aromatic carbocycles. The zero-order valence-corrected chi connectivity index (χ0v) is 12.1. The Morgan fingerprint density at radius 1 is 1.53 bits per heavy atom. The van der Waals surface area contributed by atoms with Crippen molar-refractivity contribution in [1.29, 1.82) is 0 Å². The lowest BCUT2D eigenvalue weighted by Gasteiger charge is -2.17. The number of pyridine rings is 1. The summed E-state index contributed by atoms with van der Waals surface area (Å²) in [5, 5.41) is 0. The summed E-state index contributed by atoms with van der Waals surface area (Å²) in [6.07, 6.45) is -3.12. The fourth-order valence-corrected chi connectivity index (χ4v) is 2.60. The Kier molecular flexibility index (Phi) is 4.10. The van der Waals surface area contributed by atoms with Crippen LogP contribution in [0, 0.1) is 5.92 Å². The highest BCUT2D eigenvalue weighted by Gasteiger charge is 2.36. The van der Waals surface area contributed by atoms with E-state index in [-0.39, 0.29) is 22.1 Å². The molecule has 1 saturated heterocycles. The highest BCUT2D eigenvalue weighted by atomic mass is 79.9. The highest BCUT2D eigenvalue weighted by molar-refractivity contribution is 9.10. The van der Waals surface area contributed by atoms with E-state index in [1.54, 1.807) is 0 Å². The monoisotopic (exact) mass is 354 g/mol. The number of thiol groups is 1. The van der Waals surface area contributed by atoms with Crippen LogP contribution in [0.4, 0.5) is 19.0 Å². The molecule has 1 atom stereocenters. The molecule has 0 spiro atoms. The van der Waals surface area contributed by atoms with E-state index < -0.39 is 11.7 Å². The van der Waals surface area contributed by atoms with Crippen LogP contribution in [0.25, 0.3) is 0 Å². The van der Waals surface area contributed by atoms with Crippen molar-refractivity contribution in [2.24, 2.45) is 5.92 Å². The summed E-state index contributed by atoms with van der Waals surface area (Å²) < 4.78 is 38.2. The van der Waals surface area contributed by atoms with Gasteiger partial charge in [-0.2, -0.15) is 25.8 Å². The number of aromatic nitrogens is 1. The Balaban J connectivity index is 2.34. The molecule has 1 fully saturated rings. The minimum absolute atomic E-state index is 0.0322. The van der Waals surface area contributed by atoms with Crippen molar-refractivity contribution in [3.63, 3.8) is 0 Å². The van der Waals surface area contributed by atoms with Crippen LogP contribution >= 0.6 is 28.6 Å². The molecular weight excluding hydrogens is 345 g/mol. The van der Waals surface area contributed by atoms with Crippen LogP contribution in [0.1, 0.15) is 12.0 Å². The Hall–Kier alpha value is -0.760. The number of anilines is 1. The number of nitrogens with zero attached hydrogens (tertiary/aromatic N) is 2. The van der Waals surface area contributed by atoms with E-state index in [9.17, 15) is 18.0 Å². The van der Waals surface area contributed by atoms with Crippen molar-refractivity contribution in [3.05, 3.63) is 22.3 Å². The fraction of sp³-hybridized carbons (Fsp3) is 0.455. The molecule has 3 nitrogen and oxygen atoms in total. The molecule has 0 radical (unpaired) electrons. The number of halogens is 4. The number of amides is 1. The van der Waals surface area contributed by atoms with E-state index in [1.165, 1.54) is 4.90 Å². The minimum Gasteiger partial charge on any atom is -0.296 e. The first-order chi connectivity index (χ1) is 8.82. The van der Waals surface area contributed by atoms with Crippen molar-refractivity contribution >= 4 is 40.3 Å². The maximum Gasteiger partial charge on any atom is 0.417 e. The summed E-state index contributed by atoms with van der Waals surface area (Å²) in [5.41, 5.74) is -0.834. The minimum atomic E-state index is -4.48. The van der Waals surface area contributed by atoms with E-state index >= 15 is 0 Å². The van der Waals surface area contributed by atoms with Crippen LogP contribution in [-0.4, -0.2) is 23.2 Å². The molecule has 2 heterocycles. The molecule has 1 aliphatic rings. The van der Waals surface area contributed by atoms with Gasteiger partial charge in [0.25, 0.3) is 0 Å². The molecule has 1 aliphatic heterocycles. The van der Waals surface area contributed by atoms with Gasteiger partial charge in [0.2, 0.25) is 5.91 Å². The lowest BCUT2D eigenvalue weighted by Crippen LogP contribution is -2.26. The van der Waals surface area contributed by atoms with Crippen LogP contribution < -0.4 is 4.90 Å². The zero-order valence-electron chi connectivity index (χ0n) is 9.62. The number of alkyl halides is 3. The summed E-state index contributed by atoms with van der Waals surface area (Å²) in [5.74, 6) is 0.382. The van der Waals surface area contributed by atoms with Gasteiger partial charge in [-0.15, -0.1) is 0 Å². The second-order valence-corrected chi connectivity index (χ2v) is 5.50. The van der Waals surface area contributed by atoms with Crippen LogP contribution in [0.2, 0.25) is 0 Å². The topological polar surface area (TPSA) is 33.2 Å². The molecule has 1 unspecified atom stereocenters. The van der Waals surface area contributed by atoms with Gasteiger partial charge in [-0.3, -0.25) is 9.69 Å². The zero-order chi connectivity index (χ0) is 14.2. The lowest BCUT2D eigenvalue weighted by molar-refractivity contribution is -0.138. The molecule has 19 heavy (non-hydrogen) atoms. The molecule has 0 aliphatic carbocycles. The molecule has 2 rings (SSSR count). The Bertz CT molecular complexity index is 509. The Labute approximate surface area is 121 Å². The van der Waals surface area contributed by atoms with Crippen LogP contribution in [0.15, 0.2) is 16.7 Å². The lowest BCUT2D eigenvalue weighted by atomic mass is 10.1. The number of rotatable bonds is 2. The van der Waals surface area contributed by atoms with Crippen LogP contribution in [0.5, 0.6) is 0 Å². The molecule has 1 amide bonds. The molecule has 1 aromatic heterocycles. The van der Waals surface area contributed by atoms with E-state index in [0.717, 1.165) is 12.3 Å². The first-order valence-corrected chi connectivity index (χ1v) is 6.89. The van der Waals surface area contributed by atoms with Crippen molar-refractivity contribution in [3.8, 4) is 0 Å². The first kappa shape index (κ1) is 14.6. The van der Waals surface area contributed by atoms with Crippen molar-refractivity contribution in [2.45, 2.75) is 12.6 Å². The SMILES string of the molecule is O=C1CC(CS)CN1c1cc(C(F)(F)F)c(Br)cn1. The fourth-order valence-electron chi connectivity index (χ4n) is 1.92. The van der Waals surface area contributed by atoms with Gasteiger partial charge < -0.3 is 0 Å². The highest BCUT2D eigenvalue weighted by Crippen LogP contribution is 2.37. The normalized spacial score (nSPS) is 20.2. The molecular formula is C11H10BrF3N2OS. The maximum absolute atomic E-state index is 12.8. The third-order valence-corrected chi connectivity index (χ3v) is 4.03. The van der Waals surface area contributed by atoms with Gasteiger partial charge in [0, 0.05) is 23.6 Å². The summed E-state index contributed by atoms with van der Waals surface area (Å²) in [4.78, 5) is 16.9. The van der Waals surface area contributed by atoms with Gasteiger partial charge in [-0.1, -0.05) is 0 Å². The Morgan fingerprint density at radius 3 is 2.74 bits per heavy atom. The average molecular weight is 355 g/mol. The summed E-state index contributed by atoms with van der Waals surface area (Å²) >= 11 is 6.92. The van der Waals surface area contributed by atoms with Gasteiger partial charge in [-0.05, 0) is 33.7 Å². The molecule has 104 valence electrons. The standard InChI is InChI=1S/C11H10BrF3N2OS/c12-8-3-16-9(2-7(8)11(13,14)15)17-4-6(5-19)1-10(17)18/h2-3,6,19H,1,4-5H2. The van der Waals surface area contributed by atoms with Crippen molar-refractivity contribution in [1.82, 2.24) is 4.98 Å².